The Morgan fingerprint density at radius 3 is 2.71 bits per heavy atom. The molecule has 0 aliphatic carbocycles. The molecule has 1 fully saturated rings. The van der Waals surface area contributed by atoms with Crippen LogP contribution in [0.25, 0.3) is 0 Å². The van der Waals surface area contributed by atoms with E-state index in [9.17, 15) is 9.59 Å². The van der Waals surface area contributed by atoms with Gasteiger partial charge in [0.15, 0.2) is 5.12 Å². The van der Waals surface area contributed by atoms with Crippen molar-refractivity contribution in [2.24, 2.45) is 5.92 Å². The summed E-state index contributed by atoms with van der Waals surface area (Å²) in [5.74, 6) is 0.438. The maximum atomic E-state index is 10.8. The second-order valence-corrected chi connectivity index (χ2v) is 6.54. The fraction of sp³-hybridized carbons (Fsp3) is 0.778. The van der Waals surface area contributed by atoms with Gasteiger partial charge in [-0.25, -0.2) is 0 Å². The molecular weight excluding hydrogens is 220 g/mol. The van der Waals surface area contributed by atoms with E-state index in [4.69, 9.17) is 5.11 Å². The topological polar surface area (TPSA) is 54.4 Å². The number of carboxylic acids is 1. The van der Waals surface area contributed by atoms with Gasteiger partial charge in [-0.15, -0.1) is 0 Å². The number of carbonyl (C=O) groups is 2. The smallest absolute Gasteiger partial charge is 0.307 e. The SMILES string of the molecule is CC(=O)SC[C@@]1(C)C[C@H](C(=O)O)CS1. The summed E-state index contributed by atoms with van der Waals surface area (Å²) in [4.78, 5) is 21.5. The molecule has 0 amide bonds. The Labute approximate surface area is 92.0 Å². The number of rotatable bonds is 3. The van der Waals surface area contributed by atoms with Crippen molar-refractivity contribution in [3.8, 4) is 0 Å². The van der Waals surface area contributed by atoms with Crippen LogP contribution in [-0.2, 0) is 9.59 Å². The molecule has 1 rings (SSSR count). The average Bonchev–Trinajstić information content (AvgIpc) is 2.46. The van der Waals surface area contributed by atoms with Crippen LogP contribution >= 0.6 is 23.5 Å². The number of carbonyl (C=O) groups excluding carboxylic acids is 1. The Kier molecular flexibility index (Phi) is 3.89. The van der Waals surface area contributed by atoms with Crippen LogP contribution in [-0.4, -0.2) is 32.4 Å². The minimum atomic E-state index is -0.714. The molecule has 1 saturated heterocycles. The highest BCUT2D eigenvalue weighted by Gasteiger charge is 2.39. The summed E-state index contributed by atoms with van der Waals surface area (Å²) in [6.07, 6.45) is 0.674. The molecule has 0 bridgehead atoms. The second-order valence-electron chi connectivity index (χ2n) is 3.78. The van der Waals surface area contributed by atoms with Crippen molar-refractivity contribution in [3.63, 3.8) is 0 Å². The summed E-state index contributed by atoms with van der Waals surface area (Å²) in [7, 11) is 0. The van der Waals surface area contributed by atoms with Gasteiger partial charge in [0.25, 0.3) is 0 Å². The molecule has 0 aromatic heterocycles. The Morgan fingerprint density at radius 2 is 2.29 bits per heavy atom. The molecule has 5 heteroatoms. The van der Waals surface area contributed by atoms with E-state index in [-0.39, 0.29) is 15.8 Å². The van der Waals surface area contributed by atoms with Gasteiger partial charge >= 0.3 is 5.97 Å². The third kappa shape index (κ3) is 3.20. The molecule has 2 atom stereocenters. The molecule has 1 heterocycles. The predicted octanol–water partition coefficient (Wildman–Crippen LogP) is 1.86. The van der Waals surface area contributed by atoms with Crippen molar-refractivity contribution in [2.45, 2.75) is 25.0 Å². The first kappa shape index (κ1) is 11.9. The zero-order valence-corrected chi connectivity index (χ0v) is 9.91. The maximum absolute atomic E-state index is 10.8. The number of carboxylic acid groups (broad SMARTS) is 1. The van der Waals surface area contributed by atoms with Gasteiger partial charge in [0.1, 0.15) is 0 Å². The first-order chi connectivity index (χ1) is 6.43. The van der Waals surface area contributed by atoms with Crippen LogP contribution in [0.1, 0.15) is 20.3 Å². The van der Waals surface area contributed by atoms with Crippen LogP contribution < -0.4 is 0 Å². The Balaban J connectivity index is 2.45. The van der Waals surface area contributed by atoms with Gasteiger partial charge in [0, 0.05) is 23.2 Å². The zero-order chi connectivity index (χ0) is 10.8. The van der Waals surface area contributed by atoms with Crippen molar-refractivity contribution >= 4 is 34.6 Å². The highest BCUT2D eigenvalue weighted by Crippen LogP contribution is 2.43. The minimum Gasteiger partial charge on any atom is -0.481 e. The second kappa shape index (κ2) is 4.57. The van der Waals surface area contributed by atoms with Gasteiger partial charge in [0.2, 0.25) is 0 Å². The first-order valence-corrected chi connectivity index (χ1v) is 6.40. The van der Waals surface area contributed by atoms with Crippen molar-refractivity contribution < 1.29 is 14.7 Å². The van der Waals surface area contributed by atoms with Crippen LogP contribution in [0.5, 0.6) is 0 Å². The highest BCUT2D eigenvalue weighted by molar-refractivity contribution is 8.14. The first-order valence-electron chi connectivity index (χ1n) is 4.43. The Morgan fingerprint density at radius 1 is 1.64 bits per heavy atom. The lowest BCUT2D eigenvalue weighted by Gasteiger charge is -2.21. The van der Waals surface area contributed by atoms with Crippen molar-refractivity contribution in [1.29, 1.82) is 0 Å². The number of thioether (sulfide) groups is 2. The van der Waals surface area contributed by atoms with Crippen LogP contribution in [0.2, 0.25) is 0 Å². The third-order valence-corrected chi connectivity index (χ3v) is 5.19. The Hall–Kier alpha value is -0.160. The molecule has 3 nitrogen and oxygen atoms in total. The van der Waals surface area contributed by atoms with Gasteiger partial charge < -0.3 is 5.11 Å². The van der Waals surface area contributed by atoms with E-state index in [1.807, 2.05) is 6.92 Å². The molecule has 1 aliphatic heterocycles. The lowest BCUT2D eigenvalue weighted by atomic mass is 9.99. The van der Waals surface area contributed by atoms with Crippen LogP contribution in [0.4, 0.5) is 0 Å². The largest absolute Gasteiger partial charge is 0.481 e. The molecule has 0 unspecified atom stereocenters. The summed E-state index contributed by atoms with van der Waals surface area (Å²) in [5, 5.41) is 8.94. The molecule has 0 radical (unpaired) electrons. The van der Waals surface area contributed by atoms with Crippen LogP contribution in [0.15, 0.2) is 0 Å². The average molecular weight is 234 g/mol. The van der Waals surface area contributed by atoms with E-state index < -0.39 is 5.97 Å². The standard InChI is InChI=1S/C9H14O3S2/c1-6(10)13-5-9(2)3-7(4-14-9)8(11)12/h7H,3-5H2,1-2H3,(H,11,12)/t7-,9+/m0/s1. The maximum Gasteiger partial charge on any atom is 0.307 e. The normalized spacial score (nSPS) is 31.7. The molecule has 0 spiro atoms. The lowest BCUT2D eigenvalue weighted by molar-refractivity contribution is -0.141. The molecule has 0 aromatic rings. The number of aliphatic carboxylic acids is 1. The van der Waals surface area contributed by atoms with Gasteiger partial charge in [-0.3, -0.25) is 9.59 Å². The highest BCUT2D eigenvalue weighted by atomic mass is 32.2. The van der Waals surface area contributed by atoms with Crippen LogP contribution in [0, 0.1) is 5.92 Å². The van der Waals surface area contributed by atoms with E-state index in [2.05, 4.69) is 0 Å². The number of hydrogen-bond acceptors (Lipinski definition) is 4. The molecule has 0 saturated carbocycles. The summed E-state index contributed by atoms with van der Waals surface area (Å²) >= 11 is 2.96. The molecule has 1 aliphatic rings. The zero-order valence-electron chi connectivity index (χ0n) is 8.28. The van der Waals surface area contributed by atoms with Gasteiger partial charge in [-0.05, 0) is 13.3 Å². The number of hydrogen-bond donors (Lipinski definition) is 1. The van der Waals surface area contributed by atoms with Gasteiger partial charge in [0.05, 0.1) is 5.92 Å². The fourth-order valence-electron chi connectivity index (χ4n) is 1.45. The lowest BCUT2D eigenvalue weighted by Crippen LogP contribution is -2.23. The van der Waals surface area contributed by atoms with Crippen molar-refractivity contribution in [3.05, 3.63) is 0 Å². The third-order valence-electron chi connectivity index (χ3n) is 2.24. The fourth-order valence-corrected chi connectivity index (χ4v) is 3.77. The quantitative estimate of drug-likeness (QED) is 0.808. The van der Waals surface area contributed by atoms with E-state index in [0.717, 1.165) is 5.75 Å². The van der Waals surface area contributed by atoms with E-state index >= 15 is 0 Å². The van der Waals surface area contributed by atoms with E-state index in [0.29, 0.717) is 12.2 Å². The Bertz CT molecular complexity index is 254. The van der Waals surface area contributed by atoms with Crippen molar-refractivity contribution in [1.82, 2.24) is 0 Å². The summed E-state index contributed by atoms with van der Waals surface area (Å²) in [5.41, 5.74) is 0. The minimum absolute atomic E-state index is 0.0423. The van der Waals surface area contributed by atoms with Gasteiger partial charge in [-0.1, -0.05) is 11.8 Å². The summed E-state index contributed by atoms with van der Waals surface area (Å²) in [6.45, 7) is 3.58. The molecular formula is C9H14O3S2. The van der Waals surface area contributed by atoms with E-state index in [1.54, 1.807) is 18.7 Å². The van der Waals surface area contributed by atoms with Crippen molar-refractivity contribution in [2.75, 3.05) is 11.5 Å². The molecule has 1 N–H and O–H groups in total. The molecule has 80 valence electrons. The van der Waals surface area contributed by atoms with Gasteiger partial charge in [-0.2, -0.15) is 11.8 Å². The molecule has 14 heavy (non-hydrogen) atoms. The predicted molar refractivity (Wildman–Crippen MR) is 59.7 cm³/mol. The monoisotopic (exact) mass is 234 g/mol. The van der Waals surface area contributed by atoms with Crippen LogP contribution in [0.3, 0.4) is 0 Å². The summed E-state index contributed by atoms with van der Waals surface area (Å²) < 4.78 is -0.0423. The summed E-state index contributed by atoms with van der Waals surface area (Å²) in [6, 6.07) is 0. The van der Waals surface area contributed by atoms with E-state index in [1.165, 1.54) is 11.8 Å². The molecule has 0 aromatic carbocycles.